The molecule has 2 heterocycles. The SMILES string of the molecule is Cn1cnc(=N)c2[nH]c(CCCC(=O)O)nc21. The number of aromatic amines is 1. The lowest BCUT2D eigenvalue weighted by Crippen LogP contribution is -2.10. The molecule has 0 spiro atoms. The highest BCUT2D eigenvalue weighted by Crippen LogP contribution is 2.07. The van der Waals surface area contributed by atoms with E-state index in [4.69, 9.17) is 10.5 Å². The molecule has 0 aromatic carbocycles. The highest BCUT2D eigenvalue weighted by atomic mass is 16.4. The Labute approximate surface area is 96.7 Å². The fourth-order valence-corrected chi connectivity index (χ4v) is 1.62. The van der Waals surface area contributed by atoms with Crippen LogP contribution >= 0.6 is 0 Å². The van der Waals surface area contributed by atoms with Crippen LogP contribution in [0.5, 0.6) is 0 Å². The molecule has 0 saturated heterocycles. The second-order valence-electron chi connectivity index (χ2n) is 3.83. The number of carboxylic acids is 1. The molecule has 7 heteroatoms. The van der Waals surface area contributed by atoms with Gasteiger partial charge in [-0.05, 0) is 6.42 Å². The molecule has 0 unspecified atom stereocenters. The summed E-state index contributed by atoms with van der Waals surface area (Å²) in [7, 11) is 1.80. The molecule has 2 aromatic rings. The van der Waals surface area contributed by atoms with Crippen molar-refractivity contribution in [2.24, 2.45) is 7.05 Å². The van der Waals surface area contributed by atoms with Gasteiger partial charge in [0.05, 0.1) is 6.33 Å². The van der Waals surface area contributed by atoms with Crippen molar-refractivity contribution >= 4 is 17.1 Å². The van der Waals surface area contributed by atoms with Gasteiger partial charge in [0.2, 0.25) is 0 Å². The topological polar surface area (TPSA) is 108 Å². The van der Waals surface area contributed by atoms with Crippen molar-refractivity contribution in [2.75, 3.05) is 0 Å². The van der Waals surface area contributed by atoms with Gasteiger partial charge in [-0.25, -0.2) is 9.97 Å². The summed E-state index contributed by atoms with van der Waals surface area (Å²) in [5.41, 5.74) is 1.39. The molecule has 2 rings (SSSR count). The second-order valence-corrected chi connectivity index (χ2v) is 3.83. The van der Waals surface area contributed by atoms with Crippen molar-refractivity contribution in [1.82, 2.24) is 19.5 Å². The van der Waals surface area contributed by atoms with E-state index in [0.29, 0.717) is 29.8 Å². The summed E-state index contributed by atoms with van der Waals surface area (Å²) in [6.07, 6.45) is 2.74. The van der Waals surface area contributed by atoms with Crippen molar-refractivity contribution in [1.29, 1.82) is 5.41 Å². The maximum absolute atomic E-state index is 10.4. The molecule has 2 aromatic heterocycles. The van der Waals surface area contributed by atoms with Crippen molar-refractivity contribution < 1.29 is 9.90 Å². The Hall–Kier alpha value is -2.18. The molecule has 0 aliphatic carbocycles. The summed E-state index contributed by atoms with van der Waals surface area (Å²) in [6.45, 7) is 0. The van der Waals surface area contributed by atoms with Crippen LogP contribution in [0.3, 0.4) is 0 Å². The molecular weight excluding hydrogens is 222 g/mol. The van der Waals surface area contributed by atoms with Crippen LogP contribution < -0.4 is 5.49 Å². The van der Waals surface area contributed by atoms with Crippen molar-refractivity contribution in [2.45, 2.75) is 19.3 Å². The predicted octanol–water partition coefficient (Wildman–Crippen LogP) is 0.183. The van der Waals surface area contributed by atoms with E-state index >= 15 is 0 Å². The number of rotatable bonds is 4. The normalized spacial score (nSPS) is 10.9. The molecule has 90 valence electrons. The summed E-state index contributed by atoms with van der Waals surface area (Å²) in [4.78, 5) is 21.6. The number of H-pyrrole nitrogens is 1. The number of carbonyl (C=O) groups is 1. The Morgan fingerprint density at radius 3 is 3.06 bits per heavy atom. The van der Waals surface area contributed by atoms with Gasteiger partial charge in [-0.3, -0.25) is 10.2 Å². The number of imidazole rings is 1. The molecule has 0 amide bonds. The minimum Gasteiger partial charge on any atom is -0.481 e. The van der Waals surface area contributed by atoms with Crippen LogP contribution in [0.2, 0.25) is 0 Å². The van der Waals surface area contributed by atoms with E-state index in [1.807, 2.05) is 0 Å². The van der Waals surface area contributed by atoms with Crippen LogP contribution in [-0.2, 0) is 18.3 Å². The highest BCUT2D eigenvalue weighted by Gasteiger charge is 2.07. The van der Waals surface area contributed by atoms with Crippen LogP contribution in [0.4, 0.5) is 0 Å². The van der Waals surface area contributed by atoms with E-state index < -0.39 is 5.97 Å². The third kappa shape index (κ3) is 2.32. The number of nitrogens with one attached hydrogen (secondary N) is 2. The van der Waals surface area contributed by atoms with E-state index in [-0.39, 0.29) is 11.9 Å². The zero-order valence-electron chi connectivity index (χ0n) is 9.40. The Morgan fingerprint density at radius 1 is 1.65 bits per heavy atom. The minimum atomic E-state index is -0.811. The number of aromatic nitrogens is 4. The summed E-state index contributed by atoms with van der Waals surface area (Å²) < 4.78 is 1.73. The van der Waals surface area contributed by atoms with E-state index in [2.05, 4.69) is 15.0 Å². The van der Waals surface area contributed by atoms with Crippen LogP contribution in [0.15, 0.2) is 6.33 Å². The number of hydrogen-bond acceptors (Lipinski definition) is 4. The van der Waals surface area contributed by atoms with Gasteiger partial charge < -0.3 is 14.7 Å². The molecular formula is C10H13N5O2. The molecule has 0 radical (unpaired) electrons. The zero-order valence-corrected chi connectivity index (χ0v) is 9.40. The van der Waals surface area contributed by atoms with Gasteiger partial charge in [0, 0.05) is 19.9 Å². The van der Waals surface area contributed by atoms with Gasteiger partial charge in [0.1, 0.15) is 11.3 Å². The van der Waals surface area contributed by atoms with Crippen LogP contribution in [0.1, 0.15) is 18.7 Å². The Bertz CT molecular complexity index is 613. The van der Waals surface area contributed by atoms with Gasteiger partial charge in [0.15, 0.2) is 11.1 Å². The fourth-order valence-electron chi connectivity index (χ4n) is 1.62. The van der Waals surface area contributed by atoms with Gasteiger partial charge >= 0.3 is 5.97 Å². The van der Waals surface area contributed by atoms with Crippen molar-refractivity contribution in [3.05, 3.63) is 17.6 Å². The van der Waals surface area contributed by atoms with Crippen molar-refractivity contribution in [3.63, 3.8) is 0 Å². The smallest absolute Gasteiger partial charge is 0.303 e. The number of nitrogens with zero attached hydrogens (tertiary/aromatic N) is 3. The predicted molar refractivity (Wildman–Crippen MR) is 59.3 cm³/mol. The molecule has 17 heavy (non-hydrogen) atoms. The summed E-state index contributed by atoms with van der Waals surface area (Å²) in [5, 5.41) is 16.2. The Morgan fingerprint density at radius 2 is 2.41 bits per heavy atom. The summed E-state index contributed by atoms with van der Waals surface area (Å²) in [6, 6.07) is 0. The quantitative estimate of drug-likeness (QED) is 0.702. The van der Waals surface area contributed by atoms with E-state index in [1.165, 1.54) is 6.33 Å². The molecule has 0 bridgehead atoms. The van der Waals surface area contributed by atoms with Gasteiger partial charge in [-0.2, -0.15) is 0 Å². The lowest BCUT2D eigenvalue weighted by Gasteiger charge is -1.95. The largest absolute Gasteiger partial charge is 0.481 e. The monoisotopic (exact) mass is 235 g/mol. The van der Waals surface area contributed by atoms with Crippen LogP contribution in [0, 0.1) is 5.41 Å². The lowest BCUT2D eigenvalue weighted by atomic mass is 10.2. The minimum absolute atomic E-state index is 0.120. The maximum atomic E-state index is 10.4. The number of aryl methyl sites for hydroxylation is 2. The van der Waals surface area contributed by atoms with E-state index in [1.54, 1.807) is 11.6 Å². The standard InChI is InChI=1S/C10H13N5O2/c1-15-5-12-9(11)8-10(15)14-6(13-8)3-2-4-7(16)17/h5,11H,2-4H2,1H3,(H,13,14)(H,16,17). The summed E-state index contributed by atoms with van der Waals surface area (Å²) in [5.74, 6) is -0.118. The fraction of sp³-hybridized carbons (Fsp3) is 0.400. The van der Waals surface area contributed by atoms with Gasteiger partial charge in [-0.15, -0.1) is 0 Å². The first kappa shape index (κ1) is 11.3. The van der Waals surface area contributed by atoms with Gasteiger partial charge in [0.25, 0.3) is 0 Å². The van der Waals surface area contributed by atoms with Crippen LogP contribution in [0.25, 0.3) is 11.2 Å². The van der Waals surface area contributed by atoms with E-state index in [0.717, 1.165) is 0 Å². The number of fused-ring (bicyclic) bond motifs is 1. The molecule has 0 aliphatic heterocycles. The first-order chi connectivity index (χ1) is 8.08. The average Bonchev–Trinajstić information content (AvgIpc) is 2.68. The maximum Gasteiger partial charge on any atom is 0.303 e. The Kier molecular flexibility index (Phi) is 2.90. The molecule has 7 nitrogen and oxygen atoms in total. The third-order valence-electron chi connectivity index (χ3n) is 2.47. The first-order valence-electron chi connectivity index (χ1n) is 5.24. The lowest BCUT2D eigenvalue weighted by molar-refractivity contribution is -0.137. The molecule has 3 N–H and O–H groups in total. The van der Waals surface area contributed by atoms with Crippen molar-refractivity contribution in [3.8, 4) is 0 Å². The Balaban J connectivity index is 2.26. The second kappa shape index (κ2) is 4.36. The number of hydrogen-bond donors (Lipinski definition) is 3. The highest BCUT2D eigenvalue weighted by molar-refractivity contribution is 5.69. The average molecular weight is 235 g/mol. The number of aliphatic carboxylic acids is 1. The molecule has 0 atom stereocenters. The van der Waals surface area contributed by atoms with Crippen LogP contribution in [-0.4, -0.2) is 30.6 Å². The molecule has 0 aliphatic rings. The number of carboxylic acid groups (broad SMARTS) is 1. The van der Waals surface area contributed by atoms with E-state index in [9.17, 15) is 4.79 Å². The third-order valence-corrected chi connectivity index (χ3v) is 2.47. The molecule has 0 fully saturated rings. The first-order valence-corrected chi connectivity index (χ1v) is 5.24. The zero-order chi connectivity index (χ0) is 12.4. The van der Waals surface area contributed by atoms with Gasteiger partial charge in [-0.1, -0.05) is 0 Å². The molecule has 0 saturated carbocycles. The summed E-state index contributed by atoms with van der Waals surface area (Å²) >= 11 is 0.